The van der Waals surface area contributed by atoms with Crippen LogP contribution < -0.4 is 5.32 Å². The van der Waals surface area contributed by atoms with E-state index in [0.717, 1.165) is 35.2 Å². The number of hydrogen-bond acceptors (Lipinski definition) is 3. The topological polar surface area (TPSA) is 42.0 Å². The van der Waals surface area contributed by atoms with E-state index >= 15 is 0 Å². The number of amides is 1. The van der Waals surface area contributed by atoms with Gasteiger partial charge in [-0.2, -0.15) is 0 Å². The zero-order chi connectivity index (χ0) is 19.9. The Labute approximate surface area is 174 Å². The molecule has 3 aromatic rings. The Bertz CT molecular complexity index is 1030. The maximum atomic E-state index is 12.2. The molecule has 1 N–H and O–H groups in total. The molecule has 0 aliphatic heterocycles. The van der Waals surface area contributed by atoms with Crippen LogP contribution in [0.3, 0.4) is 0 Å². The lowest BCUT2D eigenvalue weighted by atomic mass is 9.90. The van der Waals surface area contributed by atoms with Crippen LogP contribution >= 0.6 is 22.9 Å². The quantitative estimate of drug-likeness (QED) is 0.546. The summed E-state index contributed by atoms with van der Waals surface area (Å²) >= 11 is 8.20. The van der Waals surface area contributed by atoms with Gasteiger partial charge in [0.15, 0.2) is 0 Å². The highest BCUT2D eigenvalue weighted by molar-refractivity contribution is 7.14. The Balaban J connectivity index is 1.60. The predicted octanol–water partition coefficient (Wildman–Crippen LogP) is 6.32. The van der Waals surface area contributed by atoms with Gasteiger partial charge in [-0.15, -0.1) is 11.3 Å². The van der Waals surface area contributed by atoms with Crippen molar-refractivity contribution in [3.8, 4) is 21.6 Å². The van der Waals surface area contributed by atoms with Crippen LogP contribution in [-0.4, -0.2) is 16.9 Å². The van der Waals surface area contributed by atoms with E-state index < -0.39 is 0 Å². The molecule has 1 amide bonds. The maximum absolute atomic E-state index is 12.2. The summed E-state index contributed by atoms with van der Waals surface area (Å²) in [7, 11) is 0. The van der Waals surface area contributed by atoms with Gasteiger partial charge in [-0.05, 0) is 59.7 Å². The highest BCUT2D eigenvalue weighted by Gasteiger charge is 2.24. The van der Waals surface area contributed by atoms with Crippen LogP contribution in [0.25, 0.3) is 21.6 Å². The van der Waals surface area contributed by atoms with Gasteiger partial charge in [0.25, 0.3) is 5.91 Å². The smallest absolute Gasteiger partial charge is 0.251 e. The predicted molar refractivity (Wildman–Crippen MR) is 117 cm³/mol. The third-order valence-electron chi connectivity index (χ3n) is 4.87. The Morgan fingerprint density at radius 2 is 1.93 bits per heavy atom. The van der Waals surface area contributed by atoms with Gasteiger partial charge in [0, 0.05) is 44.4 Å². The minimum atomic E-state index is -0.0477. The lowest BCUT2D eigenvalue weighted by Gasteiger charge is -2.17. The van der Waals surface area contributed by atoms with Crippen molar-refractivity contribution in [3.63, 3.8) is 0 Å². The van der Waals surface area contributed by atoms with E-state index in [1.807, 2.05) is 24.4 Å². The van der Waals surface area contributed by atoms with Crippen LogP contribution in [0.2, 0.25) is 5.02 Å². The van der Waals surface area contributed by atoms with E-state index in [9.17, 15) is 4.79 Å². The van der Waals surface area contributed by atoms with Gasteiger partial charge in [-0.3, -0.25) is 9.78 Å². The summed E-state index contributed by atoms with van der Waals surface area (Å²) in [5, 5.41) is 5.70. The van der Waals surface area contributed by atoms with Crippen molar-refractivity contribution >= 4 is 28.8 Å². The average molecular weight is 411 g/mol. The fourth-order valence-corrected chi connectivity index (χ4v) is 4.21. The SMILES string of the molecule is CC(C)(C)c1cc(-c2cc(-c3ccc(C(=O)NC4CC4)cc3Cl)cs2)ccn1. The fourth-order valence-electron chi connectivity index (χ4n) is 3.01. The molecule has 144 valence electrons. The zero-order valence-corrected chi connectivity index (χ0v) is 17.8. The number of hydrogen-bond donors (Lipinski definition) is 1. The molecule has 4 rings (SSSR count). The maximum Gasteiger partial charge on any atom is 0.251 e. The van der Waals surface area contributed by atoms with Crippen LogP contribution in [0.15, 0.2) is 48.0 Å². The van der Waals surface area contributed by atoms with Crippen molar-refractivity contribution in [2.75, 3.05) is 0 Å². The van der Waals surface area contributed by atoms with Gasteiger partial charge in [-0.25, -0.2) is 0 Å². The molecular weight excluding hydrogens is 388 g/mol. The van der Waals surface area contributed by atoms with Gasteiger partial charge in [0.1, 0.15) is 0 Å². The molecule has 28 heavy (non-hydrogen) atoms. The number of thiophene rings is 1. The normalized spacial score (nSPS) is 14.1. The van der Waals surface area contributed by atoms with E-state index in [1.54, 1.807) is 17.4 Å². The first-order valence-corrected chi connectivity index (χ1v) is 10.7. The monoisotopic (exact) mass is 410 g/mol. The number of carbonyl (C=O) groups is 1. The van der Waals surface area contributed by atoms with Crippen LogP contribution in [-0.2, 0) is 5.41 Å². The van der Waals surface area contributed by atoms with E-state index in [1.165, 1.54) is 4.88 Å². The van der Waals surface area contributed by atoms with Gasteiger partial charge in [-0.1, -0.05) is 38.4 Å². The van der Waals surface area contributed by atoms with Gasteiger partial charge >= 0.3 is 0 Å². The van der Waals surface area contributed by atoms with Gasteiger partial charge < -0.3 is 5.32 Å². The molecule has 0 spiro atoms. The number of carbonyl (C=O) groups excluding carboxylic acids is 1. The first-order chi connectivity index (χ1) is 13.3. The highest BCUT2D eigenvalue weighted by Crippen LogP contribution is 2.37. The molecule has 1 fully saturated rings. The summed E-state index contributed by atoms with van der Waals surface area (Å²) in [5.74, 6) is -0.0477. The van der Waals surface area contributed by atoms with Crippen molar-refractivity contribution in [2.24, 2.45) is 0 Å². The molecule has 3 nitrogen and oxygen atoms in total. The molecule has 1 aliphatic rings. The van der Waals surface area contributed by atoms with E-state index in [-0.39, 0.29) is 11.3 Å². The minimum Gasteiger partial charge on any atom is -0.349 e. The summed E-state index contributed by atoms with van der Waals surface area (Å²) < 4.78 is 0. The standard InChI is InChI=1S/C23H23ClN2OS/c1-23(2,3)21-12-14(8-9-25-21)20-11-16(13-28-20)18-7-4-15(10-19(18)24)22(27)26-17-5-6-17/h4,7-13,17H,5-6H2,1-3H3,(H,26,27). The van der Waals surface area contributed by atoms with E-state index in [0.29, 0.717) is 16.6 Å². The van der Waals surface area contributed by atoms with E-state index in [2.05, 4.69) is 48.6 Å². The van der Waals surface area contributed by atoms with Crippen molar-refractivity contribution in [2.45, 2.75) is 45.1 Å². The number of nitrogens with zero attached hydrogens (tertiary/aromatic N) is 1. The Hall–Kier alpha value is -2.17. The van der Waals surface area contributed by atoms with Gasteiger partial charge in [0.05, 0.1) is 0 Å². The van der Waals surface area contributed by atoms with Crippen molar-refractivity contribution in [1.29, 1.82) is 0 Å². The third kappa shape index (κ3) is 4.13. The summed E-state index contributed by atoms with van der Waals surface area (Å²) in [5.41, 5.74) is 4.86. The molecule has 0 saturated heterocycles. The second kappa shape index (κ2) is 7.34. The molecule has 1 aliphatic carbocycles. The summed E-state index contributed by atoms with van der Waals surface area (Å²) in [6.07, 6.45) is 4.01. The van der Waals surface area contributed by atoms with Crippen LogP contribution in [0.1, 0.15) is 49.7 Å². The largest absolute Gasteiger partial charge is 0.349 e. The van der Waals surface area contributed by atoms with Crippen LogP contribution in [0, 0.1) is 0 Å². The van der Waals surface area contributed by atoms with Crippen LogP contribution in [0.4, 0.5) is 0 Å². The van der Waals surface area contributed by atoms with Crippen molar-refractivity contribution in [3.05, 3.63) is 64.3 Å². The third-order valence-corrected chi connectivity index (χ3v) is 6.16. The molecule has 1 aromatic carbocycles. The number of rotatable bonds is 4. The molecule has 1 saturated carbocycles. The molecule has 0 radical (unpaired) electrons. The summed E-state index contributed by atoms with van der Waals surface area (Å²) in [6, 6.07) is 12.2. The van der Waals surface area contributed by atoms with Crippen molar-refractivity contribution in [1.82, 2.24) is 10.3 Å². The molecule has 0 bridgehead atoms. The molecular formula is C23H23ClN2OS. The van der Waals surface area contributed by atoms with Crippen LogP contribution in [0.5, 0.6) is 0 Å². The van der Waals surface area contributed by atoms with E-state index in [4.69, 9.17) is 11.6 Å². The summed E-state index contributed by atoms with van der Waals surface area (Å²) in [6.45, 7) is 6.50. The number of nitrogens with one attached hydrogen (secondary N) is 1. The first-order valence-electron chi connectivity index (χ1n) is 9.47. The molecule has 2 heterocycles. The molecule has 0 unspecified atom stereocenters. The molecule has 0 atom stereocenters. The zero-order valence-electron chi connectivity index (χ0n) is 16.3. The second-order valence-corrected chi connectivity index (χ2v) is 9.64. The minimum absolute atomic E-state index is 0.0102. The summed E-state index contributed by atoms with van der Waals surface area (Å²) in [4.78, 5) is 17.9. The number of benzene rings is 1. The van der Waals surface area contributed by atoms with Gasteiger partial charge in [0.2, 0.25) is 0 Å². The molecule has 2 aromatic heterocycles. The number of halogens is 1. The molecule has 5 heteroatoms. The first kappa shape index (κ1) is 19.2. The average Bonchev–Trinajstić information content (AvgIpc) is 3.33. The van der Waals surface area contributed by atoms with Crippen molar-refractivity contribution < 1.29 is 4.79 Å². The lowest BCUT2D eigenvalue weighted by molar-refractivity contribution is 0.0951. The Morgan fingerprint density at radius 1 is 1.14 bits per heavy atom. The Kier molecular flexibility index (Phi) is 5.02. The highest BCUT2D eigenvalue weighted by atomic mass is 35.5. The second-order valence-electron chi connectivity index (χ2n) is 8.32. The number of pyridine rings is 1. The number of aromatic nitrogens is 1. The fraction of sp³-hybridized carbons (Fsp3) is 0.304. The Morgan fingerprint density at radius 3 is 2.61 bits per heavy atom. The lowest BCUT2D eigenvalue weighted by Crippen LogP contribution is -2.25.